The second-order valence-electron chi connectivity index (χ2n) is 5.31. The molecule has 0 saturated carbocycles. The molecular weight excluding hydrogens is 258 g/mol. The van der Waals surface area contributed by atoms with E-state index >= 15 is 0 Å². The van der Waals surface area contributed by atoms with E-state index in [1.807, 2.05) is 48.7 Å². The van der Waals surface area contributed by atoms with Gasteiger partial charge < -0.3 is 0 Å². The van der Waals surface area contributed by atoms with Crippen molar-refractivity contribution in [3.63, 3.8) is 0 Å². The molecular formula is C19H19NO. The van der Waals surface area contributed by atoms with E-state index in [-0.39, 0.29) is 5.91 Å². The van der Waals surface area contributed by atoms with Crippen LogP contribution < -0.4 is 0 Å². The fourth-order valence-corrected chi connectivity index (χ4v) is 2.71. The topological polar surface area (TPSA) is 22.0 Å². The van der Waals surface area contributed by atoms with Crippen LogP contribution in [0.25, 0.3) is 10.9 Å². The highest BCUT2D eigenvalue weighted by Gasteiger charge is 2.12. The van der Waals surface area contributed by atoms with Crippen molar-refractivity contribution < 1.29 is 4.79 Å². The van der Waals surface area contributed by atoms with Crippen LogP contribution >= 0.6 is 0 Å². The number of carbonyl (C=O) groups is 1. The summed E-state index contributed by atoms with van der Waals surface area (Å²) in [7, 11) is 0. The lowest BCUT2D eigenvalue weighted by atomic mass is 10.0. The Hall–Kier alpha value is -2.35. The Morgan fingerprint density at radius 3 is 2.57 bits per heavy atom. The van der Waals surface area contributed by atoms with Crippen molar-refractivity contribution >= 4 is 16.8 Å². The number of hydrogen-bond donors (Lipinski definition) is 0. The number of hydrogen-bond acceptors (Lipinski definition) is 1. The summed E-state index contributed by atoms with van der Waals surface area (Å²) in [5.41, 5.74) is 3.04. The lowest BCUT2D eigenvalue weighted by Gasteiger charge is -2.06. The Labute approximate surface area is 125 Å². The molecule has 106 valence electrons. The molecule has 0 atom stereocenters. The third kappa shape index (κ3) is 2.62. The first-order valence-corrected chi connectivity index (χ1v) is 7.50. The zero-order chi connectivity index (χ0) is 14.7. The monoisotopic (exact) mass is 277 g/mol. The minimum atomic E-state index is 0.0261. The molecule has 0 aliphatic rings. The zero-order valence-electron chi connectivity index (χ0n) is 12.3. The zero-order valence-corrected chi connectivity index (χ0v) is 12.3. The first kappa shape index (κ1) is 13.6. The van der Waals surface area contributed by atoms with Gasteiger partial charge in [-0.1, -0.05) is 43.7 Å². The van der Waals surface area contributed by atoms with E-state index in [4.69, 9.17) is 0 Å². The normalized spacial score (nSPS) is 10.9. The van der Waals surface area contributed by atoms with E-state index in [0.29, 0.717) is 5.56 Å². The lowest BCUT2D eigenvalue weighted by molar-refractivity contribution is 0.0965. The maximum Gasteiger partial charge on any atom is 0.262 e. The van der Waals surface area contributed by atoms with Gasteiger partial charge in [0, 0.05) is 17.1 Å². The standard InChI is InChI=1S/C19H19NO/c1-2-3-8-15-11-7-12-18-17(15)13-14-20(18)19(21)16-9-5-4-6-10-16/h4-7,9-14H,2-3,8H2,1H3. The Balaban J connectivity index is 2.03. The molecule has 2 aromatic carbocycles. The van der Waals surface area contributed by atoms with Crippen molar-refractivity contribution in [2.45, 2.75) is 26.2 Å². The van der Waals surface area contributed by atoms with Gasteiger partial charge in [0.25, 0.3) is 5.91 Å². The first-order valence-electron chi connectivity index (χ1n) is 7.50. The third-order valence-electron chi connectivity index (χ3n) is 3.86. The molecule has 0 aliphatic heterocycles. The number of rotatable bonds is 4. The maximum atomic E-state index is 12.6. The molecule has 0 amide bonds. The number of fused-ring (bicyclic) bond motifs is 1. The van der Waals surface area contributed by atoms with Gasteiger partial charge >= 0.3 is 0 Å². The fraction of sp³-hybridized carbons (Fsp3) is 0.211. The van der Waals surface area contributed by atoms with Crippen LogP contribution in [0.15, 0.2) is 60.8 Å². The predicted molar refractivity (Wildman–Crippen MR) is 86.7 cm³/mol. The van der Waals surface area contributed by atoms with Gasteiger partial charge in [-0.2, -0.15) is 0 Å². The summed E-state index contributed by atoms with van der Waals surface area (Å²) in [4.78, 5) is 12.6. The maximum absolute atomic E-state index is 12.6. The molecule has 0 bridgehead atoms. The Morgan fingerprint density at radius 2 is 1.81 bits per heavy atom. The molecule has 2 nitrogen and oxygen atoms in total. The van der Waals surface area contributed by atoms with Crippen LogP contribution in [0.3, 0.4) is 0 Å². The van der Waals surface area contributed by atoms with E-state index in [1.54, 1.807) is 4.57 Å². The van der Waals surface area contributed by atoms with Gasteiger partial charge in [-0.05, 0) is 42.7 Å². The van der Waals surface area contributed by atoms with Crippen molar-refractivity contribution in [1.82, 2.24) is 4.57 Å². The SMILES string of the molecule is CCCCc1cccc2c1ccn2C(=O)c1ccccc1. The van der Waals surface area contributed by atoms with Crippen LogP contribution in [0.4, 0.5) is 0 Å². The summed E-state index contributed by atoms with van der Waals surface area (Å²) < 4.78 is 1.75. The molecule has 0 aliphatic carbocycles. The second-order valence-corrected chi connectivity index (χ2v) is 5.31. The highest BCUT2D eigenvalue weighted by atomic mass is 16.2. The number of aromatic nitrogens is 1. The van der Waals surface area contributed by atoms with Crippen molar-refractivity contribution in [2.24, 2.45) is 0 Å². The number of unbranched alkanes of at least 4 members (excludes halogenated alkanes) is 1. The second kappa shape index (κ2) is 5.96. The molecule has 0 saturated heterocycles. The van der Waals surface area contributed by atoms with Gasteiger partial charge in [0.15, 0.2) is 0 Å². The number of carbonyl (C=O) groups excluding carboxylic acids is 1. The number of nitrogens with zero attached hydrogens (tertiary/aromatic N) is 1. The molecule has 21 heavy (non-hydrogen) atoms. The van der Waals surface area contributed by atoms with Gasteiger partial charge in [0.1, 0.15) is 0 Å². The van der Waals surface area contributed by atoms with E-state index < -0.39 is 0 Å². The molecule has 0 radical (unpaired) electrons. The quantitative estimate of drug-likeness (QED) is 0.679. The summed E-state index contributed by atoms with van der Waals surface area (Å²) in [6.45, 7) is 2.20. The summed E-state index contributed by atoms with van der Waals surface area (Å²) in [6.07, 6.45) is 5.31. The highest BCUT2D eigenvalue weighted by Crippen LogP contribution is 2.22. The summed E-state index contributed by atoms with van der Waals surface area (Å²) in [5.74, 6) is 0.0261. The summed E-state index contributed by atoms with van der Waals surface area (Å²) in [6, 6.07) is 17.7. The van der Waals surface area contributed by atoms with Crippen LogP contribution in [0.5, 0.6) is 0 Å². The van der Waals surface area contributed by atoms with Gasteiger partial charge in [0.2, 0.25) is 0 Å². The van der Waals surface area contributed by atoms with Gasteiger partial charge in [-0.15, -0.1) is 0 Å². The van der Waals surface area contributed by atoms with Crippen molar-refractivity contribution in [3.8, 4) is 0 Å². The molecule has 1 aromatic heterocycles. The average molecular weight is 277 g/mol. The molecule has 3 aromatic rings. The van der Waals surface area contributed by atoms with Crippen LogP contribution in [-0.2, 0) is 6.42 Å². The largest absolute Gasteiger partial charge is 0.283 e. The van der Waals surface area contributed by atoms with E-state index in [9.17, 15) is 4.79 Å². The van der Waals surface area contributed by atoms with Crippen LogP contribution in [-0.4, -0.2) is 10.5 Å². The lowest BCUT2D eigenvalue weighted by Crippen LogP contribution is -2.10. The van der Waals surface area contributed by atoms with Crippen LogP contribution in [0.2, 0.25) is 0 Å². The minimum absolute atomic E-state index is 0.0261. The van der Waals surface area contributed by atoms with Crippen LogP contribution in [0.1, 0.15) is 35.7 Å². The molecule has 0 spiro atoms. The molecule has 0 fully saturated rings. The van der Waals surface area contributed by atoms with Crippen LogP contribution in [0, 0.1) is 0 Å². The van der Waals surface area contributed by atoms with Gasteiger partial charge in [-0.3, -0.25) is 9.36 Å². The van der Waals surface area contributed by atoms with Crippen molar-refractivity contribution in [1.29, 1.82) is 0 Å². The smallest absolute Gasteiger partial charge is 0.262 e. The van der Waals surface area contributed by atoms with Crippen molar-refractivity contribution in [3.05, 3.63) is 71.9 Å². The third-order valence-corrected chi connectivity index (χ3v) is 3.86. The Kier molecular flexibility index (Phi) is 3.87. The van der Waals surface area contributed by atoms with Gasteiger partial charge in [0.05, 0.1) is 5.52 Å². The van der Waals surface area contributed by atoms with E-state index in [2.05, 4.69) is 19.1 Å². The minimum Gasteiger partial charge on any atom is -0.283 e. The highest BCUT2D eigenvalue weighted by molar-refractivity contribution is 6.02. The molecule has 2 heteroatoms. The Bertz CT molecular complexity index is 756. The van der Waals surface area contributed by atoms with E-state index in [1.165, 1.54) is 23.8 Å². The molecule has 1 heterocycles. The average Bonchev–Trinajstić information content (AvgIpc) is 2.97. The molecule has 0 unspecified atom stereocenters. The molecule has 0 N–H and O–H groups in total. The fourth-order valence-electron chi connectivity index (χ4n) is 2.71. The number of benzene rings is 2. The van der Waals surface area contributed by atoms with Gasteiger partial charge in [-0.25, -0.2) is 0 Å². The first-order chi connectivity index (χ1) is 10.3. The summed E-state index contributed by atoms with van der Waals surface area (Å²) >= 11 is 0. The predicted octanol–water partition coefficient (Wildman–Crippen LogP) is 4.67. The van der Waals surface area contributed by atoms with E-state index in [0.717, 1.165) is 11.9 Å². The molecule has 3 rings (SSSR count). The Morgan fingerprint density at radius 1 is 1.00 bits per heavy atom. The number of aryl methyl sites for hydroxylation is 1. The summed E-state index contributed by atoms with van der Waals surface area (Å²) in [5, 5.41) is 1.19. The van der Waals surface area contributed by atoms with Crippen molar-refractivity contribution in [2.75, 3.05) is 0 Å².